The van der Waals surface area contributed by atoms with Crippen molar-refractivity contribution in [1.29, 1.82) is 0 Å². The summed E-state index contributed by atoms with van der Waals surface area (Å²) in [7, 11) is 0. The molecule has 10 nitrogen and oxygen atoms in total. The first-order valence-electron chi connectivity index (χ1n) is 16.0. The molecule has 0 aromatic heterocycles. The van der Waals surface area contributed by atoms with Gasteiger partial charge in [-0.1, -0.05) is 49.4 Å². The van der Waals surface area contributed by atoms with Crippen molar-refractivity contribution >= 4 is 17.8 Å². The van der Waals surface area contributed by atoms with Crippen LogP contribution in [-0.2, 0) is 28.6 Å². The van der Waals surface area contributed by atoms with Crippen molar-refractivity contribution in [3.05, 3.63) is 61.2 Å². The molecule has 44 heavy (non-hydrogen) atoms. The van der Waals surface area contributed by atoms with Crippen molar-refractivity contribution in [2.75, 3.05) is 59.2 Å². The number of aliphatic hydroxyl groups is 1. The molecular weight excluding hydrogens is 562 g/mol. The number of rotatable bonds is 15. The van der Waals surface area contributed by atoms with Crippen LogP contribution in [0.4, 0.5) is 0 Å². The Morgan fingerprint density at radius 2 is 1.93 bits per heavy atom. The number of unbranched alkanes of at least 4 members (excludes halogenated alkanes) is 1. The van der Waals surface area contributed by atoms with Crippen molar-refractivity contribution in [3.8, 4) is 0 Å². The maximum absolute atomic E-state index is 14.8. The second kappa shape index (κ2) is 13.9. The zero-order chi connectivity index (χ0) is 31.3. The van der Waals surface area contributed by atoms with E-state index in [4.69, 9.17) is 14.2 Å². The van der Waals surface area contributed by atoms with Crippen LogP contribution in [0.1, 0.15) is 50.6 Å². The Hall–Kier alpha value is -3.05. The third-order valence-electron chi connectivity index (χ3n) is 10.0. The van der Waals surface area contributed by atoms with Crippen molar-refractivity contribution in [3.63, 3.8) is 0 Å². The number of nitrogens with zero attached hydrogens (tertiary/aromatic N) is 3. The molecule has 4 saturated heterocycles. The predicted octanol–water partition coefficient (Wildman–Crippen LogP) is 2.73. The summed E-state index contributed by atoms with van der Waals surface area (Å²) in [6.45, 7) is 13.7. The fraction of sp³-hybridized carbons (Fsp3) is 0.618. The predicted molar refractivity (Wildman–Crippen MR) is 164 cm³/mol. The summed E-state index contributed by atoms with van der Waals surface area (Å²) in [5.41, 5.74) is -1.39. The number of carbonyl (C=O) groups excluding carboxylic acids is 3. The standard InChI is InChI=1S/C34H47N3O7/c1-4-7-11-21-43-32(41)28-27-30(39)37(26(24-38)25-12-9-8-10-13-25)29(34(27)15-14-33(28,6-3)44-34)31(40)36(16-5-2)18-17-35-19-22-42-23-20-35/h4-5,8-10,12-13,26-29,38H,1-2,6-7,11,14-24H2,3H3/t26-,27+,28+,29?,33-,34?/m1/s1. The Balaban J connectivity index is 1.53. The van der Waals surface area contributed by atoms with Gasteiger partial charge in [0.1, 0.15) is 17.6 Å². The van der Waals surface area contributed by atoms with E-state index >= 15 is 0 Å². The van der Waals surface area contributed by atoms with Crippen molar-refractivity contribution in [2.24, 2.45) is 11.8 Å². The Kier molecular flexibility index (Phi) is 10.2. The molecule has 5 rings (SSSR count). The number of fused-ring (bicyclic) bond motifs is 1. The van der Waals surface area contributed by atoms with Crippen LogP contribution in [0.25, 0.3) is 0 Å². The average Bonchev–Trinajstić information content (AvgIpc) is 3.66. The Bertz CT molecular complexity index is 1200. The minimum absolute atomic E-state index is 0.221. The summed E-state index contributed by atoms with van der Waals surface area (Å²) in [4.78, 5) is 48.8. The van der Waals surface area contributed by atoms with Gasteiger partial charge in [0.25, 0.3) is 0 Å². The molecule has 4 aliphatic heterocycles. The molecule has 0 radical (unpaired) electrons. The lowest BCUT2D eigenvalue weighted by Gasteiger charge is -2.40. The van der Waals surface area contributed by atoms with E-state index < -0.39 is 41.1 Å². The molecule has 1 aromatic rings. The summed E-state index contributed by atoms with van der Waals surface area (Å²) in [5.74, 6) is -2.79. The van der Waals surface area contributed by atoms with E-state index in [0.717, 1.165) is 13.1 Å². The SMILES string of the molecule is C=CCCCOC(=O)[C@@H]1[C@H]2C(=O)N([C@H](CO)c3ccccc3)C(C(=O)N(CC=C)CCN3CCOCC3)C23CC[C@@]1(CC)O3. The highest BCUT2D eigenvalue weighted by molar-refractivity contribution is 5.99. The van der Waals surface area contributed by atoms with E-state index in [9.17, 15) is 19.5 Å². The van der Waals surface area contributed by atoms with Gasteiger partial charge >= 0.3 is 5.97 Å². The number of esters is 1. The number of morpholine rings is 1. The van der Waals surface area contributed by atoms with Crippen LogP contribution in [0.5, 0.6) is 0 Å². The summed E-state index contributed by atoms with van der Waals surface area (Å²) < 4.78 is 18.1. The second-order valence-electron chi connectivity index (χ2n) is 12.3. The van der Waals surface area contributed by atoms with Crippen LogP contribution in [0, 0.1) is 11.8 Å². The first-order valence-corrected chi connectivity index (χ1v) is 16.0. The van der Waals surface area contributed by atoms with Gasteiger partial charge in [-0.15, -0.1) is 13.2 Å². The van der Waals surface area contributed by atoms with Gasteiger partial charge in [-0.25, -0.2) is 0 Å². The molecule has 2 unspecified atom stereocenters. The van der Waals surface area contributed by atoms with Crippen molar-refractivity contribution < 1.29 is 33.7 Å². The number of carbonyl (C=O) groups is 3. The van der Waals surface area contributed by atoms with E-state index in [1.807, 2.05) is 37.3 Å². The smallest absolute Gasteiger partial charge is 0.312 e. The van der Waals surface area contributed by atoms with Gasteiger partial charge in [0.05, 0.1) is 44.0 Å². The highest BCUT2D eigenvalue weighted by atomic mass is 16.6. The quantitative estimate of drug-likeness (QED) is 0.184. The maximum atomic E-state index is 14.8. The average molecular weight is 610 g/mol. The number of aliphatic hydroxyl groups excluding tert-OH is 1. The normalized spacial score (nSPS) is 30.2. The summed E-state index contributed by atoms with van der Waals surface area (Å²) in [5, 5.41) is 10.7. The summed E-state index contributed by atoms with van der Waals surface area (Å²) in [6, 6.07) is 7.44. The Labute approximate surface area is 260 Å². The number of hydrogen-bond donors (Lipinski definition) is 1. The highest BCUT2D eigenvalue weighted by Crippen LogP contribution is 2.65. The zero-order valence-corrected chi connectivity index (χ0v) is 25.9. The summed E-state index contributed by atoms with van der Waals surface area (Å²) >= 11 is 0. The number of benzene rings is 1. The molecule has 4 aliphatic rings. The van der Waals surface area contributed by atoms with Crippen LogP contribution >= 0.6 is 0 Å². The number of ether oxygens (including phenoxy) is 3. The van der Waals surface area contributed by atoms with Crippen LogP contribution in [0.3, 0.4) is 0 Å². The van der Waals surface area contributed by atoms with E-state index in [0.29, 0.717) is 70.5 Å². The van der Waals surface area contributed by atoms with Gasteiger partial charge in [-0.05, 0) is 37.7 Å². The van der Waals surface area contributed by atoms with Crippen molar-refractivity contribution in [2.45, 2.75) is 62.3 Å². The molecule has 1 spiro atoms. The number of hydrogen-bond acceptors (Lipinski definition) is 8. The van der Waals surface area contributed by atoms with Gasteiger partial charge in [-0.3, -0.25) is 19.3 Å². The molecular formula is C34H47N3O7. The third-order valence-corrected chi connectivity index (χ3v) is 10.0. The molecule has 2 amide bonds. The van der Waals surface area contributed by atoms with Gasteiger partial charge < -0.3 is 29.1 Å². The third kappa shape index (κ3) is 5.73. The first kappa shape index (κ1) is 32.3. The molecule has 0 saturated carbocycles. The fourth-order valence-corrected chi connectivity index (χ4v) is 7.86. The Morgan fingerprint density at radius 3 is 2.59 bits per heavy atom. The van der Waals surface area contributed by atoms with Gasteiger partial charge in [-0.2, -0.15) is 0 Å². The lowest BCUT2D eigenvalue weighted by Crippen LogP contribution is -2.58. The van der Waals surface area contributed by atoms with Crippen molar-refractivity contribution in [1.82, 2.24) is 14.7 Å². The molecule has 4 fully saturated rings. The molecule has 10 heteroatoms. The topological polar surface area (TPSA) is 109 Å². The lowest BCUT2D eigenvalue weighted by molar-refractivity contribution is -0.163. The van der Waals surface area contributed by atoms with E-state index in [1.165, 1.54) is 4.90 Å². The van der Waals surface area contributed by atoms with E-state index in [2.05, 4.69) is 18.1 Å². The summed E-state index contributed by atoms with van der Waals surface area (Å²) in [6.07, 6.45) is 6.34. The van der Waals surface area contributed by atoms with Crippen LogP contribution in [-0.4, -0.2) is 114 Å². The maximum Gasteiger partial charge on any atom is 0.312 e. The lowest BCUT2D eigenvalue weighted by atomic mass is 9.65. The van der Waals surface area contributed by atoms with Gasteiger partial charge in [0.2, 0.25) is 11.8 Å². The molecule has 240 valence electrons. The minimum Gasteiger partial charge on any atom is -0.465 e. The highest BCUT2D eigenvalue weighted by Gasteiger charge is 2.79. The van der Waals surface area contributed by atoms with Crippen LogP contribution in [0.15, 0.2) is 55.6 Å². The van der Waals surface area contributed by atoms with E-state index in [-0.39, 0.29) is 25.0 Å². The fourth-order valence-electron chi connectivity index (χ4n) is 7.86. The van der Waals surface area contributed by atoms with E-state index in [1.54, 1.807) is 17.1 Å². The first-order chi connectivity index (χ1) is 21.4. The molecule has 6 atom stereocenters. The Morgan fingerprint density at radius 1 is 1.18 bits per heavy atom. The number of allylic oxidation sites excluding steroid dienone is 1. The van der Waals surface area contributed by atoms with Crippen LogP contribution in [0.2, 0.25) is 0 Å². The second-order valence-corrected chi connectivity index (χ2v) is 12.3. The molecule has 0 aliphatic carbocycles. The van der Waals surface area contributed by atoms with Gasteiger partial charge in [0.15, 0.2) is 0 Å². The van der Waals surface area contributed by atoms with Gasteiger partial charge in [0, 0.05) is 32.7 Å². The van der Waals surface area contributed by atoms with Crippen LogP contribution < -0.4 is 0 Å². The number of likely N-dealkylation sites (tertiary alicyclic amines) is 1. The molecule has 2 bridgehead atoms. The molecule has 1 N–H and O–H groups in total. The largest absolute Gasteiger partial charge is 0.465 e. The zero-order valence-electron chi connectivity index (χ0n) is 25.9. The minimum atomic E-state index is -1.21. The molecule has 4 heterocycles. The number of amides is 2. The monoisotopic (exact) mass is 609 g/mol. The molecule has 1 aromatic carbocycles.